The van der Waals surface area contributed by atoms with Gasteiger partial charge in [-0.1, -0.05) is 6.07 Å². The molecule has 166 valence electrons. The summed E-state index contributed by atoms with van der Waals surface area (Å²) in [5.74, 6) is -1.51. The molecule has 0 unspecified atom stereocenters. The number of imidazole rings is 2. The van der Waals surface area contributed by atoms with Crippen LogP contribution in [0, 0.1) is 11.6 Å². The summed E-state index contributed by atoms with van der Waals surface area (Å²) in [7, 11) is -3.76. The standard InChI is InChI=1S/C22H21F2N5O2S/c1-12(2)32(30,31)29-19-9-13(3-8-18(19)27-22(29)25)21-20(26-11-28(21)15-5-6-15)16-7-4-14(23)10-17(16)24/h3-4,7-12,15H,5-6H2,1-2H3,(H2,25,27). The van der Waals surface area contributed by atoms with Crippen LogP contribution in [0.25, 0.3) is 33.5 Å². The minimum atomic E-state index is -3.76. The Morgan fingerprint density at radius 3 is 2.53 bits per heavy atom. The fourth-order valence-electron chi connectivity index (χ4n) is 3.85. The summed E-state index contributed by atoms with van der Waals surface area (Å²) in [5.41, 5.74) is 8.53. The van der Waals surface area contributed by atoms with Crippen molar-refractivity contribution < 1.29 is 17.2 Å². The molecule has 0 saturated heterocycles. The fourth-order valence-corrected chi connectivity index (χ4v) is 5.00. The average molecular weight is 458 g/mol. The number of halogens is 2. The number of nitrogens with zero attached hydrogens (tertiary/aromatic N) is 4. The Kier molecular flexibility index (Phi) is 4.59. The van der Waals surface area contributed by atoms with Gasteiger partial charge in [-0.15, -0.1) is 0 Å². The molecule has 1 saturated carbocycles. The first-order chi connectivity index (χ1) is 15.2. The SMILES string of the molecule is CC(C)S(=O)(=O)n1c(N)nc2ccc(-c3c(-c4ccc(F)cc4F)ncn3C3CC3)cc21. The van der Waals surface area contributed by atoms with Gasteiger partial charge in [-0.05, 0) is 51.0 Å². The highest BCUT2D eigenvalue weighted by molar-refractivity contribution is 7.90. The molecule has 2 N–H and O–H groups in total. The number of benzene rings is 2. The van der Waals surface area contributed by atoms with E-state index in [0.29, 0.717) is 28.0 Å². The number of fused-ring (bicyclic) bond motifs is 1. The zero-order chi connectivity index (χ0) is 22.8. The van der Waals surface area contributed by atoms with Crippen LogP contribution < -0.4 is 5.73 Å². The number of aromatic nitrogens is 4. The second kappa shape index (κ2) is 7.13. The molecule has 0 aliphatic heterocycles. The number of nitrogens with two attached hydrogens (primary N) is 1. The lowest BCUT2D eigenvalue weighted by atomic mass is 10.0. The van der Waals surface area contributed by atoms with E-state index in [4.69, 9.17) is 5.73 Å². The van der Waals surface area contributed by atoms with Crippen LogP contribution in [0.5, 0.6) is 0 Å². The Labute approximate surface area is 183 Å². The van der Waals surface area contributed by atoms with Gasteiger partial charge in [0.2, 0.25) is 16.0 Å². The maximum absolute atomic E-state index is 14.6. The highest BCUT2D eigenvalue weighted by atomic mass is 32.2. The molecule has 1 aliphatic carbocycles. The largest absolute Gasteiger partial charge is 0.368 e. The van der Waals surface area contributed by atoms with Crippen LogP contribution in [0.4, 0.5) is 14.7 Å². The van der Waals surface area contributed by atoms with Crippen molar-refractivity contribution in [1.29, 1.82) is 0 Å². The zero-order valence-electron chi connectivity index (χ0n) is 17.5. The number of anilines is 1. The lowest BCUT2D eigenvalue weighted by molar-refractivity contribution is 0.580. The molecule has 0 bridgehead atoms. The van der Waals surface area contributed by atoms with Crippen LogP contribution in [0.1, 0.15) is 32.7 Å². The predicted octanol–water partition coefficient (Wildman–Crippen LogP) is 4.35. The van der Waals surface area contributed by atoms with Crippen molar-refractivity contribution in [2.75, 3.05) is 5.73 Å². The van der Waals surface area contributed by atoms with Crippen LogP contribution in [0.15, 0.2) is 42.7 Å². The predicted molar refractivity (Wildman–Crippen MR) is 118 cm³/mol. The molecule has 0 radical (unpaired) electrons. The van der Waals surface area contributed by atoms with Crippen LogP contribution >= 0.6 is 0 Å². The summed E-state index contributed by atoms with van der Waals surface area (Å²) in [4.78, 5) is 8.63. The summed E-state index contributed by atoms with van der Waals surface area (Å²) in [6, 6.07) is 8.73. The van der Waals surface area contributed by atoms with E-state index in [1.165, 1.54) is 12.1 Å². The van der Waals surface area contributed by atoms with Gasteiger partial charge in [0.1, 0.15) is 11.6 Å². The van der Waals surface area contributed by atoms with Gasteiger partial charge in [0.05, 0.1) is 34.0 Å². The quantitative estimate of drug-likeness (QED) is 0.481. The third-order valence-electron chi connectivity index (χ3n) is 5.68. The van der Waals surface area contributed by atoms with Crippen molar-refractivity contribution >= 4 is 27.0 Å². The van der Waals surface area contributed by atoms with Gasteiger partial charge in [-0.2, -0.15) is 0 Å². The molecule has 7 nitrogen and oxygen atoms in total. The molecule has 0 atom stereocenters. The molecule has 32 heavy (non-hydrogen) atoms. The van der Waals surface area contributed by atoms with Gasteiger partial charge in [-0.3, -0.25) is 0 Å². The molecular weight excluding hydrogens is 436 g/mol. The first-order valence-corrected chi connectivity index (χ1v) is 11.7. The highest BCUT2D eigenvalue weighted by Gasteiger charge is 2.30. The molecule has 0 spiro atoms. The van der Waals surface area contributed by atoms with Crippen LogP contribution in [0.2, 0.25) is 0 Å². The Balaban J connectivity index is 1.77. The van der Waals surface area contributed by atoms with Gasteiger partial charge in [0.15, 0.2) is 0 Å². The molecule has 2 aromatic heterocycles. The number of rotatable bonds is 5. The van der Waals surface area contributed by atoms with E-state index in [-0.39, 0.29) is 17.6 Å². The van der Waals surface area contributed by atoms with E-state index < -0.39 is 26.9 Å². The topological polar surface area (TPSA) is 95.8 Å². The number of nitrogen functional groups attached to an aromatic ring is 1. The second-order valence-corrected chi connectivity index (χ2v) is 10.6. The molecule has 5 rings (SSSR count). The van der Waals surface area contributed by atoms with Crippen molar-refractivity contribution in [2.45, 2.75) is 38.0 Å². The first kappa shape index (κ1) is 20.6. The van der Waals surface area contributed by atoms with Crippen molar-refractivity contribution in [2.24, 2.45) is 0 Å². The summed E-state index contributed by atoms with van der Waals surface area (Å²) in [5, 5.41) is -0.702. The number of hydrogen-bond acceptors (Lipinski definition) is 5. The molecule has 10 heteroatoms. The minimum Gasteiger partial charge on any atom is -0.368 e. The summed E-state index contributed by atoms with van der Waals surface area (Å²) in [6.45, 7) is 3.14. The molecular formula is C22H21F2N5O2S. The Morgan fingerprint density at radius 1 is 1.12 bits per heavy atom. The molecule has 1 aliphatic rings. The van der Waals surface area contributed by atoms with Crippen molar-refractivity contribution in [1.82, 2.24) is 18.5 Å². The van der Waals surface area contributed by atoms with E-state index in [0.717, 1.165) is 22.9 Å². The van der Waals surface area contributed by atoms with Crippen molar-refractivity contribution in [3.05, 3.63) is 54.4 Å². The van der Waals surface area contributed by atoms with Gasteiger partial charge >= 0.3 is 0 Å². The highest BCUT2D eigenvalue weighted by Crippen LogP contribution is 2.43. The van der Waals surface area contributed by atoms with Crippen molar-refractivity contribution in [3.8, 4) is 22.5 Å². The van der Waals surface area contributed by atoms with Gasteiger partial charge in [-0.25, -0.2) is 31.1 Å². The monoisotopic (exact) mass is 457 g/mol. The summed E-state index contributed by atoms with van der Waals surface area (Å²) >= 11 is 0. The lowest BCUT2D eigenvalue weighted by Gasteiger charge is -2.13. The van der Waals surface area contributed by atoms with Crippen LogP contribution in [0.3, 0.4) is 0 Å². The van der Waals surface area contributed by atoms with Gasteiger partial charge in [0.25, 0.3) is 0 Å². The second-order valence-electron chi connectivity index (χ2n) is 8.24. The lowest BCUT2D eigenvalue weighted by Crippen LogP contribution is -2.23. The molecule has 4 aromatic rings. The maximum Gasteiger partial charge on any atom is 0.244 e. The Bertz CT molecular complexity index is 1470. The van der Waals surface area contributed by atoms with E-state index in [2.05, 4.69) is 9.97 Å². The molecule has 1 fully saturated rings. The first-order valence-electron chi connectivity index (χ1n) is 10.2. The minimum absolute atomic E-state index is 0.119. The van der Waals surface area contributed by atoms with Gasteiger partial charge in [0, 0.05) is 23.2 Å². The molecule has 2 aromatic carbocycles. The van der Waals surface area contributed by atoms with Crippen LogP contribution in [-0.2, 0) is 10.0 Å². The van der Waals surface area contributed by atoms with Crippen molar-refractivity contribution in [3.63, 3.8) is 0 Å². The van der Waals surface area contributed by atoms with E-state index in [9.17, 15) is 17.2 Å². The van der Waals surface area contributed by atoms with E-state index in [1.54, 1.807) is 38.4 Å². The maximum atomic E-state index is 14.6. The third-order valence-corrected chi connectivity index (χ3v) is 7.77. The zero-order valence-corrected chi connectivity index (χ0v) is 18.3. The molecule has 0 amide bonds. The van der Waals surface area contributed by atoms with Gasteiger partial charge < -0.3 is 10.3 Å². The smallest absolute Gasteiger partial charge is 0.244 e. The Hall–Kier alpha value is -3.27. The molecule has 2 heterocycles. The normalized spacial score (nSPS) is 14.5. The summed E-state index contributed by atoms with van der Waals surface area (Å²) in [6.07, 6.45) is 3.57. The third kappa shape index (κ3) is 3.17. The Morgan fingerprint density at radius 2 is 1.88 bits per heavy atom. The fraction of sp³-hybridized carbons (Fsp3) is 0.273. The van der Waals surface area contributed by atoms with Crippen LogP contribution in [-0.4, -0.2) is 32.2 Å². The summed E-state index contributed by atoms with van der Waals surface area (Å²) < 4.78 is 56.9. The number of hydrogen-bond donors (Lipinski definition) is 1. The average Bonchev–Trinajstić information content (AvgIpc) is 3.38. The van der Waals surface area contributed by atoms with E-state index in [1.807, 2.05) is 4.57 Å². The van der Waals surface area contributed by atoms with E-state index >= 15 is 0 Å².